The van der Waals surface area contributed by atoms with Gasteiger partial charge in [-0.05, 0) is 55.9 Å². The minimum atomic E-state index is -3.61. The average Bonchev–Trinajstić information content (AvgIpc) is 3.38. The van der Waals surface area contributed by atoms with Gasteiger partial charge >= 0.3 is 0 Å². The maximum Gasteiger partial charge on any atom is 0.243 e. The van der Waals surface area contributed by atoms with E-state index in [1.165, 1.54) is 11.4 Å². The van der Waals surface area contributed by atoms with Gasteiger partial charge in [-0.25, -0.2) is 12.7 Å². The van der Waals surface area contributed by atoms with Crippen LogP contribution in [0.2, 0.25) is 0 Å². The third kappa shape index (κ3) is 7.17. The Balaban J connectivity index is 1.70. The Bertz CT molecular complexity index is 1110. The predicted octanol–water partition coefficient (Wildman–Crippen LogP) is 4.26. The molecule has 7 nitrogen and oxygen atoms in total. The molecule has 0 aromatic heterocycles. The smallest absolute Gasteiger partial charge is 0.243 e. The SMILES string of the molecule is CC[C@@H](C(=O)NC1CCCC1)N(Cc1ccccc1C)C(=O)CCCN(C)S(=O)(=O)c1ccccc1. The summed E-state index contributed by atoms with van der Waals surface area (Å²) >= 11 is 0. The Kier molecular flexibility index (Phi) is 10.1. The van der Waals surface area contributed by atoms with E-state index in [4.69, 9.17) is 0 Å². The van der Waals surface area contributed by atoms with Crippen LogP contribution < -0.4 is 5.32 Å². The number of aryl methyl sites for hydroxylation is 1. The average molecular weight is 514 g/mol. The molecule has 1 atom stereocenters. The van der Waals surface area contributed by atoms with E-state index in [1.807, 2.05) is 38.1 Å². The topological polar surface area (TPSA) is 86.8 Å². The number of hydrogen-bond acceptors (Lipinski definition) is 4. The number of nitrogens with zero attached hydrogens (tertiary/aromatic N) is 2. The molecule has 0 spiro atoms. The lowest BCUT2D eigenvalue weighted by Gasteiger charge is -2.32. The molecule has 0 radical (unpaired) electrons. The maximum absolute atomic E-state index is 13.5. The summed E-state index contributed by atoms with van der Waals surface area (Å²) in [5, 5.41) is 3.16. The first kappa shape index (κ1) is 27.9. The Morgan fingerprint density at radius 2 is 1.67 bits per heavy atom. The number of sulfonamides is 1. The summed E-state index contributed by atoms with van der Waals surface area (Å²) < 4.78 is 26.9. The molecule has 1 fully saturated rings. The van der Waals surface area contributed by atoms with E-state index in [-0.39, 0.29) is 35.7 Å². The number of amides is 2. The number of rotatable bonds is 12. The number of carbonyl (C=O) groups is 2. The zero-order chi connectivity index (χ0) is 26.1. The summed E-state index contributed by atoms with van der Waals surface area (Å²) in [6.45, 7) is 4.49. The lowest BCUT2D eigenvalue weighted by Crippen LogP contribution is -2.51. The molecule has 0 unspecified atom stereocenters. The van der Waals surface area contributed by atoms with Crippen molar-refractivity contribution in [1.82, 2.24) is 14.5 Å². The summed E-state index contributed by atoms with van der Waals surface area (Å²) in [6, 6.07) is 15.8. The minimum absolute atomic E-state index is 0.102. The van der Waals surface area contributed by atoms with Crippen molar-refractivity contribution < 1.29 is 18.0 Å². The molecule has 2 amide bonds. The van der Waals surface area contributed by atoms with E-state index in [0.29, 0.717) is 19.4 Å². The Hall–Kier alpha value is -2.71. The fraction of sp³-hybridized carbons (Fsp3) is 0.500. The van der Waals surface area contributed by atoms with Gasteiger partial charge in [0.05, 0.1) is 4.90 Å². The summed E-state index contributed by atoms with van der Waals surface area (Å²) in [7, 11) is -2.09. The zero-order valence-corrected chi connectivity index (χ0v) is 22.5. The molecule has 0 aliphatic heterocycles. The van der Waals surface area contributed by atoms with Crippen molar-refractivity contribution in [3.8, 4) is 0 Å². The van der Waals surface area contributed by atoms with E-state index in [9.17, 15) is 18.0 Å². The largest absolute Gasteiger partial charge is 0.352 e. The predicted molar refractivity (Wildman–Crippen MR) is 142 cm³/mol. The number of benzene rings is 2. The second-order valence-corrected chi connectivity index (χ2v) is 11.7. The van der Waals surface area contributed by atoms with E-state index in [2.05, 4.69) is 5.32 Å². The summed E-state index contributed by atoms with van der Waals surface area (Å²) in [5.41, 5.74) is 2.07. The lowest BCUT2D eigenvalue weighted by atomic mass is 10.0. The van der Waals surface area contributed by atoms with Gasteiger partial charge in [0, 0.05) is 32.6 Å². The maximum atomic E-state index is 13.5. The van der Waals surface area contributed by atoms with E-state index in [0.717, 1.165) is 36.8 Å². The highest BCUT2D eigenvalue weighted by Crippen LogP contribution is 2.21. The third-order valence-electron chi connectivity index (χ3n) is 7.00. The fourth-order valence-electron chi connectivity index (χ4n) is 4.75. The van der Waals surface area contributed by atoms with Gasteiger partial charge in [0.1, 0.15) is 6.04 Å². The van der Waals surface area contributed by atoms with Gasteiger partial charge in [-0.2, -0.15) is 0 Å². The molecule has 0 saturated heterocycles. The number of nitrogens with one attached hydrogen (secondary N) is 1. The molecule has 2 aromatic rings. The molecule has 36 heavy (non-hydrogen) atoms. The standard InChI is InChI=1S/C28H39N3O4S/c1-4-26(28(33)29-24-15-10-11-16-24)31(21-23-14-9-8-13-22(23)2)27(32)19-12-20-30(3)36(34,35)25-17-6-5-7-18-25/h5-9,13-14,17-18,24,26H,4,10-12,15-16,19-21H2,1-3H3,(H,29,33)/t26-/m0/s1. The normalized spacial score (nSPS) is 15.1. The second-order valence-electron chi connectivity index (χ2n) is 9.61. The lowest BCUT2D eigenvalue weighted by molar-refractivity contribution is -0.141. The first-order chi connectivity index (χ1) is 17.2. The van der Waals surface area contributed by atoms with Gasteiger partial charge in [0.15, 0.2) is 0 Å². The van der Waals surface area contributed by atoms with Crippen LogP contribution in [0.5, 0.6) is 0 Å². The van der Waals surface area contributed by atoms with E-state index in [1.54, 1.807) is 35.2 Å². The van der Waals surface area contributed by atoms with Crippen molar-refractivity contribution in [3.63, 3.8) is 0 Å². The molecule has 1 saturated carbocycles. The molecule has 1 N–H and O–H groups in total. The van der Waals surface area contributed by atoms with Crippen LogP contribution in [0.25, 0.3) is 0 Å². The molecular formula is C28H39N3O4S. The molecule has 0 bridgehead atoms. The molecule has 3 rings (SSSR count). The van der Waals surface area contributed by atoms with Crippen molar-refractivity contribution >= 4 is 21.8 Å². The van der Waals surface area contributed by atoms with Gasteiger partial charge in [-0.15, -0.1) is 0 Å². The highest BCUT2D eigenvalue weighted by molar-refractivity contribution is 7.89. The molecular weight excluding hydrogens is 474 g/mol. The van der Waals surface area contributed by atoms with Crippen LogP contribution >= 0.6 is 0 Å². The van der Waals surface area contributed by atoms with Crippen LogP contribution in [-0.2, 0) is 26.2 Å². The van der Waals surface area contributed by atoms with Gasteiger partial charge < -0.3 is 10.2 Å². The molecule has 196 valence electrons. The summed E-state index contributed by atoms with van der Waals surface area (Å²) in [5.74, 6) is -0.243. The van der Waals surface area contributed by atoms with E-state index < -0.39 is 16.1 Å². The van der Waals surface area contributed by atoms with Gasteiger partial charge in [-0.3, -0.25) is 9.59 Å². The monoisotopic (exact) mass is 513 g/mol. The highest BCUT2D eigenvalue weighted by atomic mass is 32.2. The quantitative estimate of drug-likeness (QED) is 0.459. The van der Waals surface area contributed by atoms with Crippen LogP contribution in [0.1, 0.15) is 63.0 Å². The second kappa shape index (κ2) is 13.0. The van der Waals surface area contributed by atoms with Gasteiger partial charge in [0.25, 0.3) is 0 Å². The molecule has 8 heteroatoms. The van der Waals surface area contributed by atoms with Gasteiger partial charge in [0.2, 0.25) is 21.8 Å². The Morgan fingerprint density at radius 3 is 2.31 bits per heavy atom. The van der Waals surface area contributed by atoms with Gasteiger partial charge in [-0.1, -0.05) is 62.2 Å². The first-order valence-corrected chi connectivity index (χ1v) is 14.3. The molecule has 2 aromatic carbocycles. The Labute approximate surface area is 215 Å². The van der Waals surface area contributed by atoms with Crippen LogP contribution in [0.4, 0.5) is 0 Å². The number of carbonyl (C=O) groups excluding carboxylic acids is 2. The highest BCUT2D eigenvalue weighted by Gasteiger charge is 2.31. The molecule has 1 aliphatic carbocycles. The first-order valence-electron chi connectivity index (χ1n) is 12.9. The molecule has 0 heterocycles. The van der Waals surface area contributed by atoms with Crippen LogP contribution in [0.3, 0.4) is 0 Å². The Morgan fingerprint density at radius 1 is 1.03 bits per heavy atom. The fourth-order valence-corrected chi connectivity index (χ4v) is 5.98. The third-order valence-corrected chi connectivity index (χ3v) is 8.88. The number of hydrogen-bond donors (Lipinski definition) is 1. The minimum Gasteiger partial charge on any atom is -0.352 e. The summed E-state index contributed by atoms with van der Waals surface area (Å²) in [4.78, 5) is 28.6. The van der Waals surface area contributed by atoms with E-state index >= 15 is 0 Å². The van der Waals surface area contributed by atoms with Crippen LogP contribution in [-0.4, -0.2) is 55.1 Å². The van der Waals surface area contributed by atoms with Crippen molar-refractivity contribution in [2.24, 2.45) is 0 Å². The van der Waals surface area contributed by atoms with Crippen LogP contribution in [0, 0.1) is 6.92 Å². The van der Waals surface area contributed by atoms with Crippen LogP contribution in [0.15, 0.2) is 59.5 Å². The van der Waals surface area contributed by atoms with Crippen molar-refractivity contribution in [2.75, 3.05) is 13.6 Å². The van der Waals surface area contributed by atoms with Crippen molar-refractivity contribution in [3.05, 3.63) is 65.7 Å². The molecule has 1 aliphatic rings. The zero-order valence-electron chi connectivity index (χ0n) is 21.7. The summed E-state index contributed by atoms with van der Waals surface area (Å²) in [6.07, 6.45) is 5.24. The van der Waals surface area contributed by atoms with Crippen molar-refractivity contribution in [2.45, 2.75) is 82.3 Å². The van der Waals surface area contributed by atoms with Crippen molar-refractivity contribution in [1.29, 1.82) is 0 Å².